The molecule has 0 bridgehead atoms. The summed E-state index contributed by atoms with van der Waals surface area (Å²) in [7, 11) is 0. The third kappa shape index (κ3) is 2.94. The van der Waals surface area contributed by atoms with Crippen molar-refractivity contribution in [2.75, 3.05) is 0 Å². The molecule has 102 valence electrons. The summed E-state index contributed by atoms with van der Waals surface area (Å²) >= 11 is 0. The van der Waals surface area contributed by atoms with Gasteiger partial charge in [-0.3, -0.25) is 14.9 Å². The van der Waals surface area contributed by atoms with Crippen molar-refractivity contribution in [2.24, 2.45) is 10.2 Å². The van der Waals surface area contributed by atoms with Crippen molar-refractivity contribution in [3.63, 3.8) is 0 Å². The molecule has 1 aliphatic rings. The summed E-state index contributed by atoms with van der Waals surface area (Å²) < 4.78 is 0. The van der Waals surface area contributed by atoms with Gasteiger partial charge in [0, 0.05) is 12.5 Å². The number of nitro benzene ring substituents is 1. The Kier molecular flexibility index (Phi) is 3.99. The number of benzene rings is 1. The zero-order chi connectivity index (χ0) is 14.5. The van der Waals surface area contributed by atoms with E-state index in [1.807, 2.05) is 0 Å². The number of carbonyl (C=O) groups is 1. The summed E-state index contributed by atoms with van der Waals surface area (Å²) in [6.45, 7) is 0. The van der Waals surface area contributed by atoms with Crippen molar-refractivity contribution in [3.05, 3.63) is 58.4 Å². The fraction of sp³-hybridized carbons (Fsp3) is 0.154. The van der Waals surface area contributed by atoms with Crippen LogP contribution in [-0.2, 0) is 4.79 Å². The fourth-order valence-corrected chi connectivity index (χ4v) is 1.72. The van der Waals surface area contributed by atoms with E-state index in [4.69, 9.17) is 5.11 Å². The van der Waals surface area contributed by atoms with Gasteiger partial charge in [-0.15, -0.1) is 5.11 Å². The maximum Gasteiger partial charge on any atom is 0.296 e. The third-order valence-corrected chi connectivity index (χ3v) is 2.77. The van der Waals surface area contributed by atoms with Gasteiger partial charge in [-0.1, -0.05) is 18.2 Å². The van der Waals surface area contributed by atoms with Crippen LogP contribution in [0.15, 0.2) is 58.5 Å². The largest absolute Gasteiger partial charge is 0.515 e. The van der Waals surface area contributed by atoms with E-state index in [2.05, 4.69) is 10.2 Å². The standard InChI is InChI=1S/C13H11N3O4/c17-8-9-5-6-13(18)11(7-9)15-14-10-3-1-2-4-12(10)16(19)20/h1-6,8,11,17H,7H2. The first-order valence-electron chi connectivity index (χ1n) is 5.81. The van der Waals surface area contributed by atoms with Crippen molar-refractivity contribution in [1.29, 1.82) is 0 Å². The van der Waals surface area contributed by atoms with Crippen LogP contribution < -0.4 is 0 Å². The van der Waals surface area contributed by atoms with Gasteiger partial charge in [0.25, 0.3) is 5.69 Å². The highest BCUT2D eigenvalue weighted by molar-refractivity contribution is 5.96. The molecule has 1 aromatic rings. The lowest BCUT2D eigenvalue weighted by atomic mass is 9.98. The number of hydrogen-bond donors (Lipinski definition) is 1. The smallest absolute Gasteiger partial charge is 0.296 e. The predicted octanol–water partition coefficient (Wildman–Crippen LogP) is 3.02. The number of allylic oxidation sites excluding steroid dienone is 1. The molecule has 0 saturated carbocycles. The van der Waals surface area contributed by atoms with Gasteiger partial charge in [0.2, 0.25) is 0 Å². The number of aliphatic hydroxyl groups is 1. The quantitative estimate of drug-likeness (QED) is 0.395. The second kappa shape index (κ2) is 5.87. The molecule has 1 N–H and O–H groups in total. The van der Waals surface area contributed by atoms with E-state index in [1.54, 1.807) is 6.07 Å². The van der Waals surface area contributed by atoms with Crippen LogP contribution in [0.4, 0.5) is 11.4 Å². The first kappa shape index (κ1) is 13.6. The molecule has 0 spiro atoms. The summed E-state index contributed by atoms with van der Waals surface area (Å²) in [5, 5.41) is 27.4. The van der Waals surface area contributed by atoms with Crippen LogP contribution in [0.1, 0.15) is 6.42 Å². The number of rotatable bonds is 3. The lowest BCUT2D eigenvalue weighted by Crippen LogP contribution is -2.19. The molecule has 1 aliphatic carbocycles. The highest BCUT2D eigenvalue weighted by atomic mass is 16.6. The van der Waals surface area contributed by atoms with Crippen LogP contribution in [0.2, 0.25) is 0 Å². The molecule has 20 heavy (non-hydrogen) atoms. The highest BCUT2D eigenvalue weighted by Crippen LogP contribution is 2.27. The molecule has 0 aromatic heterocycles. The Morgan fingerprint density at radius 2 is 2.10 bits per heavy atom. The molecule has 7 nitrogen and oxygen atoms in total. The average molecular weight is 273 g/mol. The number of nitro groups is 1. The third-order valence-electron chi connectivity index (χ3n) is 2.77. The van der Waals surface area contributed by atoms with Crippen LogP contribution in [0.5, 0.6) is 0 Å². The van der Waals surface area contributed by atoms with Crippen LogP contribution in [0.3, 0.4) is 0 Å². The summed E-state index contributed by atoms with van der Waals surface area (Å²) in [6.07, 6.45) is 3.92. The van der Waals surface area contributed by atoms with Crippen molar-refractivity contribution in [3.8, 4) is 0 Å². The summed E-state index contributed by atoms with van der Waals surface area (Å²) in [6, 6.07) is 5.13. The Labute approximate surface area is 114 Å². The fourth-order valence-electron chi connectivity index (χ4n) is 1.72. The average Bonchev–Trinajstić information content (AvgIpc) is 2.46. The Balaban J connectivity index is 2.24. The van der Waals surface area contributed by atoms with E-state index in [9.17, 15) is 14.9 Å². The SMILES string of the molecule is O=C1C=CC(=CO)CC1N=Nc1ccccc1[N+](=O)[O-]. The van der Waals surface area contributed by atoms with Gasteiger partial charge in [-0.25, -0.2) is 0 Å². The maximum atomic E-state index is 11.6. The van der Waals surface area contributed by atoms with Gasteiger partial charge in [0.1, 0.15) is 6.04 Å². The minimum absolute atomic E-state index is 0.0920. The van der Waals surface area contributed by atoms with Gasteiger partial charge in [-0.2, -0.15) is 5.11 Å². The number of carbonyl (C=O) groups excluding carboxylic acids is 1. The summed E-state index contributed by atoms with van der Waals surface area (Å²) in [5.41, 5.74) is 0.471. The number of aliphatic hydroxyl groups excluding tert-OH is 1. The van der Waals surface area contributed by atoms with E-state index >= 15 is 0 Å². The first-order chi connectivity index (χ1) is 9.61. The topological polar surface area (TPSA) is 105 Å². The highest BCUT2D eigenvalue weighted by Gasteiger charge is 2.21. The molecule has 0 heterocycles. The van der Waals surface area contributed by atoms with E-state index in [0.29, 0.717) is 5.57 Å². The lowest BCUT2D eigenvalue weighted by molar-refractivity contribution is -0.384. The maximum absolute atomic E-state index is 11.6. The van der Waals surface area contributed by atoms with E-state index < -0.39 is 11.0 Å². The number of ketones is 1. The second-order valence-corrected chi connectivity index (χ2v) is 4.12. The van der Waals surface area contributed by atoms with Gasteiger partial charge in [-0.05, 0) is 17.7 Å². The molecule has 7 heteroatoms. The van der Waals surface area contributed by atoms with Crippen molar-refractivity contribution < 1.29 is 14.8 Å². The predicted molar refractivity (Wildman–Crippen MR) is 70.9 cm³/mol. The Hall–Kier alpha value is -2.83. The number of nitrogens with zero attached hydrogens (tertiary/aromatic N) is 3. The van der Waals surface area contributed by atoms with Crippen molar-refractivity contribution in [1.82, 2.24) is 0 Å². The molecular formula is C13H11N3O4. The molecule has 2 rings (SSSR count). The van der Waals surface area contributed by atoms with Gasteiger partial charge in [0.05, 0.1) is 11.2 Å². The zero-order valence-corrected chi connectivity index (χ0v) is 10.3. The molecule has 1 aromatic carbocycles. The molecular weight excluding hydrogens is 262 g/mol. The van der Waals surface area contributed by atoms with Gasteiger partial charge >= 0.3 is 0 Å². The van der Waals surface area contributed by atoms with E-state index in [1.165, 1.54) is 30.4 Å². The summed E-state index contributed by atoms with van der Waals surface area (Å²) in [4.78, 5) is 21.9. The van der Waals surface area contributed by atoms with Gasteiger partial charge < -0.3 is 5.11 Å². The first-order valence-corrected chi connectivity index (χ1v) is 5.81. The summed E-state index contributed by atoms with van der Waals surface area (Å²) in [5.74, 6) is -0.252. The minimum atomic E-state index is -0.766. The molecule has 0 saturated heterocycles. The second-order valence-electron chi connectivity index (χ2n) is 4.12. The van der Waals surface area contributed by atoms with Crippen LogP contribution >= 0.6 is 0 Å². The lowest BCUT2D eigenvalue weighted by Gasteiger charge is -2.12. The minimum Gasteiger partial charge on any atom is -0.515 e. The molecule has 1 unspecified atom stereocenters. The molecule has 0 amide bonds. The zero-order valence-electron chi connectivity index (χ0n) is 10.3. The Morgan fingerprint density at radius 3 is 2.80 bits per heavy atom. The molecule has 1 atom stereocenters. The van der Waals surface area contributed by atoms with Gasteiger partial charge in [0.15, 0.2) is 11.5 Å². The number of azo groups is 1. The van der Waals surface area contributed by atoms with E-state index in [0.717, 1.165) is 6.26 Å². The normalized spacial score (nSPS) is 20.7. The van der Waals surface area contributed by atoms with Crippen LogP contribution in [0, 0.1) is 10.1 Å². The molecule has 0 radical (unpaired) electrons. The van der Waals surface area contributed by atoms with Crippen molar-refractivity contribution in [2.45, 2.75) is 12.5 Å². The monoisotopic (exact) mass is 273 g/mol. The van der Waals surface area contributed by atoms with Crippen molar-refractivity contribution >= 4 is 17.2 Å². The number of hydrogen-bond acceptors (Lipinski definition) is 6. The van der Waals surface area contributed by atoms with Crippen LogP contribution in [0.25, 0.3) is 0 Å². The molecule has 0 aliphatic heterocycles. The number of para-hydroxylation sites is 1. The van der Waals surface area contributed by atoms with E-state index in [-0.39, 0.29) is 23.6 Å². The Bertz CT molecular complexity index is 634. The molecule has 0 fully saturated rings. The Morgan fingerprint density at radius 1 is 1.35 bits per heavy atom. The van der Waals surface area contributed by atoms with Crippen LogP contribution in [-0.4, -0.2) is 21.9 Å².